The third kappa shape index (κ3) is 6.01. The predicted molar refractivity (Wildman–Crippen MR) is 82.7 cm³/mol. The molecule has 1 unspecified atom stereocenters. The van der Waals surface area contributed by atoms with Crippen molar-refractivity contribution in [2.45, 2.75) is 11.8 Å². The van der Waals surface area contributed by atoms with Gasteiger partial charge in [0.2, 0.25) is 15.9 Å². The smallest absolute Gasteiger partial charge is 0.240 e. The highest BCUT2D eigenvalue weighted by molar-refractivity contribution is 7.89. The van der Waals surface area contributed by atoms with Gasteiger partial charge in [0.15, 0.2) is 0 Å². The zero-order valence-corrected chi connectivity index (χ0v) is 13.6. The lowest BCUT2D eigenvalue weighted by Gasteiger charge is -2.12. The molecule has 1 amide bonds. The van der Waals surface area contributed by atoms with Gasteiger partial charge in [0.25, 0.3) is 0 Å². The first-order valence-corrected chi connectivity index (χ1v) is 8.40. The van der Waals surface area contributed by atoms with Crippen molar-refractivity contribution in [1.29, 1.82) is 0 Å². The van der Waals surface area contributed by atoms with Gasteiger partial charge in [0.05, 0.1) is 4.90 Å². The fourth-order valence-electron chi connectivity index (χ4n) is 1.66. The molecule has 0 aliphatic carbocycles. The summed E-state index contributed by atoms with van der Waals surface area (Å²) < 4.78 is 26.4. The summed E-state index contributed by atoms with van der Waals surface area (Å²) in [4.78, 5) is 11.7. The van der Waals surface area contributed by atoms with E-state index < -0.39 is 10.0 Å². The van der Waals surface area contributed by atoms with Crippen LogP contribution >= 0.6 is 11.6 Å². The number of rotatable bonds is 8. The molecule has 0 radical (unpaired) electrons. The van der Waals surface area contributed by atoms with E-state index in [9.17, 15) is 13.2 Å². The Hall–Kier alpha value is -1.15. The van der Waals surface area contributed by atoms with Gasteiger partial charge >= 0.3 is 0 Å². The topological polar surface area (TPSA) is 87.3 Å². The van der Waals surface area contributed by atoms with Crippen LogP contribution in [0.25, 0.3) is 0 Å². The Balaban J connectivity index is 2.43. The fourth-order valence-corrected chi connectivity index (χ4v) is 2.99. The number of halogens is 1. The van der Waals surface area contributed by atoms with Gasteiger partial charge in [-0.3, -0.25) is 4.79 Å². The molecule has 21 heavy (non-hydrogen) atoms. The van der Waals surface area contributed by atoms with Gasteiger partial charge in [-0.25, -0.2) is 13.1 Å². The van der Waals surface area contributed by atoms with E-state index in [1.807, 2.05) is 0 Å². The average Bonchev–Trinajstić information content (AvgIpc) is 2.43. The average molecular weight is 334 g/mol. The van der Waals surface area contributed by atoms with Crippen LogP contribution in [0.15, 0.2) is 29.2 Å². The Kier molecular flexibility index (Phi) is 7.10. The number of hydrogen-bond acceptors (Lipinski definition) is 4. The standard InChI is InChI=1S/C13H20ClN3O3S/c1-10(9-15-2)13(18)16-6-7-17-21(19,20)12-5-3-4-11(14)8-12/h3-5,8,10,15,17H,6-7,9H2,1-2H3,(H,16,18). The Morgan fingerprint density at radius 1 is 1.33 bits per heavy atom. The molecular weight excluding hydrogens is 314 g/mol. The molecule has 118 valence electrons. The van der Waals surface area contributed by atoms with Gasteiger partial charge in [-0.15, -0.1) is 0 Å². The van der Waals surface area contributed by atoms with E-state index >= 15 is 0 Å². The number of carbonyl (C=O) groups excluding carboxylic acids is 1. The highest BCUT2D eigenvalue weighted by atomic mass is 35.5. The minimum Gasteiger partial charge on any atom is -0.355 e. The molecule has 1 rings (SSSR count). The van der Waals surface area contributed by atoms with Crippen LogP contribution < -0.4 is 15.4 Å². The van der Waals surface area contributed by atoms with Crippen molar-refractivity contribution in [2.75, 3.05) is 26.7 Å². The van der Waals surface area contributed by atoms with Crippen LogP contribution in [0.1, 0.15) is 6.92 Å². The van der Waals surface area contributed by atoms with Crippen LogP contribution in [0, 0.1) is 5.92 Å². The molecule has 0 aliphatic rings. The Bertz CT molecular complexity index is 578. The largest absolute Gasteiger partial charge is 0.355 e. The summed E-state index contributed by atoms with van der Waals surface area (Å²) in [7, 11) is -1.84. The van der Waals surface area contributed by atoms with Crippen molar-refractivity contribution >= 4 is 27.5 Å². The first-order chi connectivity index (χ1) is 9.86. The zero-order valence-electron chi connectivity index (χ0n) is 12.0. The zero-order chi connectivity index (χ0) is 15.9. The number of hydrogen-bond donors (Lipinski definition) is 3. The highest BCUT2D eigenvalue weighted by Crippen LogP contribution is 2.14. The molecule has 8 heteroatoms. The lowest BCUT2D eigenvalue weighted by molar-refractivity contribution is -0.124. The Labute approximate surface area is 130 Å². The van der Waals surface area contributed by atoms with Gasteiger partial charge in [0.1, 0.15) is 0 Å². The molecule has 0 aliphatic heterocycles. The van der Waals surface area contributed by atoms with Crippen LogP contribution in [0.3, 0.4) is 0 Å². The van der Waals surface area contributed by atoms with Crippen LogP contribution in [0.4, 0.5) is 0 Å². The normalized spacial score (nSPS) is 12.9. The first-order valence-electron chi connectivity index (χ1n) is 6.54. The minimum absolute atomic E-state index is 0.102. The highest BCUT2D eigenvalue weighted by Gasteiger charge is 2.14. The van der Waals surface area contributed by atoms with E-state index in [0.29, 0.717) is 11.6 Å². The van der Waals surface area contributed by atoms with E-state index in [-0.39, 0.29) is 29.8 Å². The van der Waals surface area contributed by atoms with E-state index in [0.717, 1.165) is 0 Å². The van der Waals surface area contributed by atoms with Crippen molar-refractivity contribution in [2.24, 2.45) is 5.92 Å². The van der Waals surface area contributed by atoms with Crippen molar-refractivity contribution in [3.63, 3.8) is 0 Å². The fraction of sp³-hybridized carbons (Fsp3) is 0.462. The second-order valence-corrected chi connectivity index (χ2v) is 6.81. The predicted octanol–water partition coefficient (Wildman–Crippen LogP) is 0.590. The number of sulfonamides is 1. The van der Waals surface area contributed by atoms with Gasteiger partial charge in [-0.05, 0) is 25.2 Å². The lowest BCUT2D eigenvalue weighted by atomic mass is 10.1. The molecule has 0 spiro atoms. The SMILES string of the molecule is CNCC(C)C(=O)NCCNS(=O)(=O)c1cccc(Cl)c1. The number of carbonyl (C=O) groups is 1. The minimum atomic E-state index is -3.61. The van der Waals surface area contributed by atoms with Crippen molar-refractivity contribution in [3.05, 3.63) is 29.3 Å². The molecule has 0 fully saturated rings. The van der Waals surface area contributed by atoms with E-state index in [1.165, 1.54) is 12.1 Å². The third-order valence-electron chi connectivity index (χ3n) is 2.78. The molecular formula is C13H20ClN3O3S. The van der Waals surface area contributed by atoms with Crippen LogP contribution in [0.2, 0.25) is 5.02 Å². The van der Waals surface area contributed by atoms with Crippen LogP contribution in [0.5, 0.6) is 0 Å². The second-order valence-electron chi connectivity index (χ2n) is 4.60. The first kappa shape index (κ1) is 17.9. The summed E-state index contributed by atoms with van der Waals surface area (Å²) in [6.07, 6.45) is 0. The molecule has 0 aromatic heterocycles. The van der Waals surface area contributed by atoms with E-state index in [2.05, 4.69) is 15.4 Å². The van der Waals surface area contributed by atoms with Crippen molar-refractivity contribution in [1.82, 2.24) is 15.4 Å². The van der Waals surface area contributed by atoms with Crippen LogP contribution in [-0.4, -0.2) is 41.0 Å². The molecule has 6 nitrogen and oxygen atoms in total. The summed E-state index contributed by atoms with van der Waals surface area (Å²) in [5.74, 6) is -0.286. The molecule has 0 bridgehead atoms. The van der Waals surface area contributed by atoms with Crippen LogP contribution in [-0.2, 0) is 14.8 Å². The maximum atomic E-state index is 12.0. The molecule has 0 saturated heterocycles. The maximum Gasteiger partial charge on any atom is 0.240 e. The van der Waals surface area contributed by atoms with Gasteiger partial charge in [-0.1, -0.05) is 24.6 Å². The summed E-state index contributed by atoms with van der Waals surface area (Å²) in [6, 6.07) is 6.00. The quantitative estimate of drug-likeness (QED) is 0.608. The molecule has 1 atom stereocenters. The van der Waals surface area contributed by atoms with Gasteiger partial charge in [-0.2, -0.15) is 0 Å². The molecule has 1 aromatic carbocycles. The molecule has 3 N–H and O–H groups in total. The summed E-state index contributed by atoms with van der Waals surface area (Å²) in [5, 5.41) is 5.93. The van der Waals surface area contributed by atoms with Gasteiger partial charge in [0, 0.05) is 30.6 Å². The number of benzene rings is 1. The van der Waals surface area contributed by atoms with Crippen molar-refractivity contribution in [3.8, 4) is 0 Å². The van der Waals surface area contributed by atoms with E-state index in [1.54, 1.807) is 26.1 Å². The maximum absolute atomic E-state index is 12.0. The Morgan fingerprint density at radius 2 is 2.05 bits per heavy atom. The van der Waals surface area contributed by atoms with Gasteiger partial charge < -0.3 is 10.6 Å². The summed E-state index contributed by atoms with van der Waals surface area (Å²) >= 11 is 5.76. The molecule has 1 aromatic rings. The number of amides is 1. The summed E-state index contributed by atoms with van der Waals surface area (Å²) in [6.45, 7) is 2.71. The second kappa shape index (κ2) is 8.33. The van der Waals surface area contributed by atoms with E-state index in [4.69, 9.17) is 11.6 Å². The number of nitrogens with one attached hydrogen (secondary N) is 3. The van der Waals surface area contributed by atoms with Crippen molar-refractivity contribution < 1.29 is 13.2 Å². The molecule has 0 saturated carbocycles. The Morgan fingerprint density at radius 3 is 2.67 bits per heavy atom. The summed E-state index contributed by atoms with van der Waals surface area (Å²) in [5.41, 5.74) is 0. The lowest BCUT2D eigenvalue weighted by Crippen LogP contribution is -2.39. The third-order valence-corrected chi connectivity index (χ3v) is 4.47. The monoisotopic (exact) mass is 333 g/mol. The molecule has 0 heterocycles.